The van der Waals surface area contributed by atoms with E-state index in [4.69, 9.17) is 12.2 Å². The number of hydrogen-bond donors (Lipinski definition) is 2. The molecule has 1 unspecified atom stereocenters. The molecule has 4 heteroatoms. The van der Waals surface area contributed by atoms with E-state index in [9.17, 15) is 4.79 Å². The zero-order valence-corrected chi connectivity index (χ0v) is 13.9. The Morgan fingerprint density at radius 1 is 1.04 bits per heavy atom. The number of carbonyl (C=O) groups is 1. The van der Waals surface area contributed by atoms with Crippen LogP contribution < -0.4 is 10.6 Å². The van der Waals surface area contributed by atoms with Crippen LogP contribution in [0.4, 0.5) is 0 Å². The van der Waals surface area contributed by atoms with Gasteiger partial charge in [0.25, 0.3) is 0 Å². The van der Waals surface area contributed by atoms with Gasteiger partial charge in [0.2, 0.25) is 0 Å². The molecule has 23 heavy (non-hydrogen) atoms. The Balaban J connectivity index is 2.17. The summed E-state index contributed by atoms with van der Waals surface area (Å²) < 4.78 is 0. The highest BCUT2D eigenvalue weighted by atomic mass is 32.1. The SMILES string of the molecule is CC(=O)C1=C(c2ccc(C)cc2)NC(=S)NC1c1ccccc1. The van der Waals surface area contributed by atoms with Crippen molar-refractivity contribution in [1.29, 1.82) is 0 Å². The van der Waals surface area contributed by atoms with Crippen LogP contribution in [0, 0.1) is 6.92 Å². The Morgan fingerprint density at radius 3 is 2.30 bits per heavy atom. The predicted molar refractivity (Wildman–Crippen MR) is 96.8 cm³/mol. The Hall–Kier alpha value is -2.46. The van der Waals surface area contributed by atoms with Gasteiger partial charge in [-0.05, 0) is 37.2 Å². The number of ketones is 1. The van der Waals surface area contributed by atoms with Crippen molar-refractivity contribution in [2.75, 3.05) is 0 Å². The number of carbonyl (C=O) groups excluding carboxylic acids is 1. The molecule has 116 valence electrons. The molecule has 0 saturated carbocycles. The van der Waals surface area contributed by atoms with Crippen molar-refractivity contribution in [2.45, 2.75) is 19.9 Å². The number of benzene rings is 2. The first-order valence-corrected chi connectivity index (χ1v) is 7.91. The van der Waals surface area contributed by atoms with E-state index in [1.165, 1.54) is 5.56 Å². The zero-order valence-electron chi connectivity index (χ0n) is 13.1. The van der Waals surface area contributed by atoms with E-state index in [1.54, 1.807) is 6.92 Å². The lowest BCUT2D eigenvalue weighted by atomic mass is 9.90. The van der Waals surface area contributed by atoms with Crippen LogP contribution in [0.2, 0.25) is 0 Å². The molecule has 0 radical (unpaired) electrons. The minimum Gasteiger partial charge on any atom is -0.351 e. The number of rotatable bonds is 3. The van der Waals surface area contributed by atoms with Crippen molar-refractivity contribution in [3.63, 3.8) is 0 Å². The minimum atomic E-state index is -0.237. The topological polar surface area (TPSA) is 41.1 Å². The van der Waals surface area contributed by atoms with Crippen LogP contribution in [0.15, 0.2) is 60.2 Å². The average molecular weight is 322 g/mol. The molecule has 0 amide bonds. The second-order valence-corrected chi connectivity index (χ2v) is 6.06. The Kier molecular flexibility index (Phi) is 4.26. The van der Waals surface area contributed by atoms with Gasteiger partial charge in [-0.15, -0.1) is 0 Å². The van der Waals surface area contributed by atoms with Gasteiger partial charge in [-0.2, -0.15) is 0 Å². The summed E-state index contributed by atoms with van der Waals surface area (Å²) >= 11 is 5.36. The Labute approximate surface area is 141 Å². The number of aryl methyl sites for hydroxylation is 1. The van der Waals surface area contributed by atoms with Crippen molar-refractivity contribution in [2.24, 2.45) is 0 Å². The van der Waals surface area contributed by atoms with Crippen LogP contribution in [-0.4, -0.2) is 10.9 Å². The minimum absolute atomic E-state index is 0.0249. The summed E-state index contributed by atoms with van der Waals surface area (Å²) in [6, 6.07) is 17.7. The monoisotopic (exact) mass is 322 g/mol. The summed E-state index contributed by atoms with van der Waals surface area (Å²) in [5.74, 6) is 0.0249. The van der Waals surface area contributed by atoms with Gasteiger partial charge in [0.05, 0.1) is 11.7 Å². The van der Waals surface area contributed by atoms with Gasteiger partial charge < -0.3 is 10.6 Å². The Bertz CT molecular complexity index is 779. The smallest absolute Gasteiger partial charge is 0.171 e. The van der Waals surface area contributed by atoms with Crippen molar-refractivity contribution >= 4 is 28.8 Å². The van der Waals surface area contributed by atoms with Crippen molar-refractivity contribution in [3.05, 3.63) is 76.9 Å². The molecule has 2 aromatic rings. The quantitative estimate of drug-likeness (QED) is 0.849. The normalized spacial score (nSPS) is 17.5. The summed E-state index contributed by atoms with van der Waals surface area (Å²) in [5.41, 5.74) is 4.65. The molecule has 0 aliphatic carbocycles. The molecule has 0 bridgehead atoms. The standard InChI is InChI=1S/C19H18N2OS/c1-12-8-10-15(11-9-12)18-16(13(2)22)17(20-19(23)21-18)14-6-4-3-5-7-14/h3-11,17H,1-2H3,(H2,20,21,23). The number of Topliss-reactive ketones (excluding diaryl/α,β-unsaturated/α-hetero) is 1. The first-order valence-electron chi connectivity index (χ1n) is 7.51. The summed E-state index contributed by atoms with van der Waals surface area (Å²) in [7, 11) is 0. The maximum absolute atomic E-state index is 12.4. The van der Waals surface area contributed by atoms with Crippen molar-refractivity contribution < 1.29 is 4.79 Å². The summed E-state index contributed by atoms with van der Waals surface area (Å²) in [6.07, 6.45) is 0. The van der Waals surface area contributed by atoms with Gasteiger partial charge in [0.1, 0.15) is 0 Å². The lowest BCUT2D eigenvalue weighted by Crippen LogP contribution is -2.44. The van der Waals surface area contributed by atoms with Crippen LogP contribution in [0.5, 0.6) is 0 Å². The second kappa shape index (κ2) is 6.34. The van der Waals surface area contributed by atoms with Gasteiger partial charge in [0.15, 0.2) is 10.9 Å². The van der Waals surface area contributed by atoms with E-state index in [1.807, 2.05) is 61.5 Å². The molecule has 1 atom stereocenters. The molecule has 3 rings (SSSR count). The van der Waals surface area contributed by atoms with Crippen LogP contribution >= 0.6 is 12.2 Å². The fourth-order valence-electron chi connectivity index (χ4n) is 2.79. The fourth-order valence-corrected chi connectivity index (χ4v) is 3.01. The van der Waals surface area contributed by atoms with Crippen LogP contribution in [0.1, 0.15) is 29.7 Å². The average Bonchev–Trinajstić information content (AvgIpc) is 2.55. The Morgan fingerprint density at radius 2 is 1.70 bits per heavy atom. The van der Waals surface area contributed by atoms with E-state index >= 15 is 0 Å². The second-order valence-electron chi connectivity index (χ2n) is 5.65. The molecular weight excluding hydrogens is 304 g/mol. The van der Waals surface area contributed by atoms with E-state index in [2.05, 4.69) is 10.6 Å². The lowest BCUT2D eigenvalue weighted by Gasteiger charge is -2.31. The van der Waals surface area contributed by atoms with E-state index < -0.39 is 0 Å². The van der Waals surface area contributed by atoms with Gasteiger partial charge in [-0.1, -0.05) is 60.2 Å². The molecule has 1 heterocycles. The van der Waals surface area contributed by atoms with Crippen molar-refractivity contribution in [3.8, 4) is 0 Å². The molecule has 0 fully saturated rings. The van der Waals surface area contributed by atoms with E-state index in [0.29, 0.717) is 10.7 Å². The highest BCUT2D eigenvalue weighted by Gasteiger charge is 2.29. The third-order valence-electron chi connectivity index (χ3n) is 3.92. The van der Waals surface area contributed by atoms with Crippen molar-refractivity contribution in [1.82, 2.24) is 10.6 Å². The van der Waals surface area contributed by atoms with Gasteiger partial charge >= 0.3 is 0 Å². The molecule has 2 N–H and O–H groups in total. The van der Waals surface area contributed by atoms with E-state index in [-0.39, 0.29) is 11.8 Å². The molecule has 0 aromatic heterocycles. The summed E-state index contributed by atoms with van der Waals surface area (Å²) in [5, 5.41) is 6.91. The summed E-state index contributed by atoms with van der Waals surface area (Å²) in [4.78, 5) is 12.4. The summed E-state index contributed by atoms with van der Waals surface area (Å²) in [6.45, 7) is 3.63. The third-order valence-corrected chi connectivity index (χ3v) is 4.14. The van der Waals surface area contributed by atoms with Crippen LogP contribution in [-0.2, 0) is 4.79 Å². The molecular formula is C19H18N2OS. The lowest BCUT2D eigenvalue weighted by molar-refractivity contribution is -0.113. The number of thiocarbonyl (C=S) groups is 1. The van der Waals surface area contributed by atoms with Gasteiger partial charge in [-0.25, -0.2) is 0 Å². The molecule has 0 spiro atoms. The fraction of sp³-hybridized carbons (Fsp3) is 0.158. The number of nitrogens with one attached hydrogen (secondary N) is 2. The van der Waals surface area contributed by atoms with Gasteiger partial charge in [0, 0.05) is 5.57 Å². The molecule has 1 aliphatic rings. The largest absolute Gasteiger partial charge is 0.351 e. The molecule has 1 aliphatic heterocycles. The maximum Gasteiger partial charge on any atom is 0.171 e. The molecule has 3 nitrogen and oxygen atoms in total. The highest BCUT2D eigenvalue weighted by molar-refractivity contribution is 7.80. The molecule has 2 aromatic carbocycles. The van der Waals surface area contributed by atoms with E-state index in [0.717, 1.165) is 16.8 Å². The highest BCUT2D eigenvalue weighted by Crippen LogP contribution is 2.31. The van der Waals surface area contributed by atoms with Gasteiger partial charge in [-0.3, -0.25) is 4.79 Å². The number of hydrogen-bond acceptors (Lipinski definition) is 2. The first-order chi connectivity index (χ1) is 11.1. The predicted octanol–water partition coefficient (Wildman–Crippen LogP) is 3.51. The molecule has 0 saturated heterocycles. The third kappa shape index (κ3) is 3.17. The van der Waals surface area contributed by atoms with Crippen LogP contribution in [0.3, 0.4) is 0 Å². The maximum atomic E-state index is 12.4. The zero-order chi connectivity index (χ0) is 16.4. The van der Waals surface area contributed by atoms with Crippen LogP contribution in [0.25, 0.3) is 5.70 Å². The first kappa shape index (κ1) is 15.4.